The van der Waals surface area contributed by atoms with E-state index in [-0.39, 0.29) is 24.0 Å². The van der Waals surface area contributed by atoms with Crippen molar-refractivity contribution in [3.8, 4) is 11.5 Å². The van der Waals surface area contributed by atoms with Crippen LogP contribution in [-0.2, 0) is 17.8 Å². The fourth-order valence-electron chi connectivity index (χ4n) is 2.88. The third kappa shape index (κ3) is 9.67. The second-order valence-corrected chi connectivity index (χ2v) is 6.61. The van der Waals surface area contributed by atoms with Gasteiger partial charge in [0.2, 0.25) is 0 Å². The van der Waals surface area contributed by atoms with Crippen molar-refractivity contribution >= 4 is 29.9 Å². The molecule has 2 rings (SSSR count). The van der Waals surface area contributed by atoms with Gasteiger partial charge in [-0.15, -0.1) is 24.0 Å². The summed E-state index contributed by atoms with van der Waals surface area (Å²) in [6, 6.07) is 16.2. The Morgan fingerprint density at radius 2 is 1.60 bits per heavy atom. The molecule has 2 aromatic rings. The summed E-state index contributed by atoms with van der Waals surface area (Å²) in [6.07, 6.45) is 2.92. The van der Waals surface area contributed by atoms with Gasteiger partial charge in [-0.3, -0.25) is 4.99 Å². The van der Waals surface area contributed by atoms with Crippen LogP contribution >= 0.6 is 24.0 Å². The molecule has 0 fully saturated rings. The van der Waals surface area contributed by atoms with E-state index in [0.29, 0.717) is 6.61 Å². The lowest BCUT2D eigenvalue weighted by molar-refractivity contribution is 0.117. The fourth-order valence-corrected chi connectivity index (χ4v) is 2.88. The molecule has 2 N–H and O–H groups in total. The number of aliphatic imine (C=N–C) groups is 1. The highest BCUT2D eigenvalue weighted by atomic mass is 127. The number of hydrogen-bond donors (Lipinski definition) is 2. The van der Waals surface area contributed by atoms with E-state index < -0.39 is 0 Å². The average Bonchev–Trinajstić information content (AvgIpc) is 2.77. The van der Waals surface area contributed by atoms with Crippen molar-refractivity contribution in [2.24, 2.45) is 4.99 Å². The first-order chi connectivity index (χ1) is 14.3. The Labute approximate surface area is 197 Å². The van der Waals surface area contributed by atoms with Gasteiger partial charge in [-0.05, 0) is 42.5 Å². The van der Waals surface area contributed by atoms with Gasteiger partial charge in [0.05, 0.1) is 20.8 Å². The molecule has 0 bridgehead atoms. The van der Waals surface area contributed by atoms with Crippen LogP contribution in [-0.4, -0.2) is 46.9 Å². The van der Waals surface area contributed by atoms with Gasteiger partial charge in [0.15, 0.2) is 17.5 Å². The molecular formula is C23H34IN3O3. The van der Waals surface area contributed by atoms with Gasteiger partial charge < -0.3 is 24.8 Å². The number of benzene rings is 2. The zero-order valence-corrected chi connectivity index (χ0v) is 20.5. The summed E-state index contributed by atoms with van der Waals surface area (Å²) in [5.41, 5.74) is 2.39. The van der Waals surface area contributed by atoms with Crippen LogP contribution in [0.2, 0.25) is 0 Å². The maximum Gasteiger partial charge on any atom is 0.190 e. The predicted octanol–water partition coefficient (Wildman–Crippen LogP) is 4.03. The molecule has 30 heavy (non-hydrogen) atoms. The Hall–Kier alpha value is -2.00. The maximum absolute atomic E-state index is 5.71. The molecule has 2 aromatic carbocycles. The maximum atomic E-state index is 5.71. The second-order valence-electron chi connectivity index (χ2n) is 6.61. The number of rotatable bonds is 12. The molecule has 0 amide bonds. The Balaban J connectivity index is 0.00000450. The molecule has 6 nitrogen and oxygen atoms in total. The number of hydrogen-bond acceptors (Lipinski definition) is 4. The minimum absolute atomic E-state index is 0. The molecule has 0 unspecified atom stereocenters. The summed E-state index contributed by atoms with van der Waals surface area (Å²) in [5, 5.41) is 6.69. The van der Waals surface area contributed by atoms with Gasteiger partial charge in [0.25, 0.3) is 0 Å². The lowest BCUT2D eigenvalue weighted by Gasteiger charge is -2.13. The number of ether oxygens (including phenoxy) is 3. The van der Waals surface area contributed by atoms with Crippen molar-refractivity contribution in [1.29, 1.82) is 0 Å². The number of guanidine groups is 1. The molecule has 7 heteroatoms. The molecule has 0 aliphatic carbocycles. The van der Waals surface area contributed by atoms with Gasteiger partial charge in [-0.25, -0.2) is 0 Å². The smallest absolute Gasteiger partial charge is 0.190 e. The molecule has 0 saturated heterocycles. The number of unbranched alkanes of at least 4 members (excludes halogenated alkanes) is 1. The van der Waals surface area contributed by atoms with Crippen molar-refractivity contribution in [2.75, 3.05) is 41.0 Å². The lowest BCUT2D eigenvalue weighted by Crippen LogP contribution is -2.38. The first-order valence-corrected chi connectivity index (χ1v) is 10.0. The molecule has 0 aliphatic rings. The van der Waals surface area contributed by atoms with E-state index in [9.17, 15) is 0 Å². The third-order valence-corrected chi connectivity index (χ3v) is 4.50. The van der Waals surface area contributed by atoms with Crippen LogP contribution in [0.4, 0.5) is 0 Å². The number of nitrogens with zero attached hydrogens (tertiary/aromatic N) is 1. The van der Waals surface area contributed by atoms with Crippen molar-refractivity contribution < 1.29 is 14.2 Å². The molecule has 0 saturated carbocycles. The molecule has 166 valence electrons. The van der Waals surface area contributed by atoms with Gasteiger partial charge in [-0.1, -0.05) is 36.4 Å². The minimum Gasteiger partial charge on any atom is -0.493 e. The molecule has 0 atom stereocenters. The van der Waals surface area contributed by atoms with E-state index in [4.69, 9.17) is 14.2 Å². The van der Waals surface area contributed by atoms with Crippen molar-refractivity contribution in [3.63, 3.8) is 0 Å². The summed E-state index contributed by atoms with van der Waals surface area (Å²) in [4.78, 5) is 4.27. The van der Waals surface area contributed by atoms with E-state index in [1.54, 1.807) is 21.3 Å². The topological polar surface area (TPSA) is 64.1 Å². The number of methoxy groups -OCH3 is 2. The van der Waals surface area contributed by atoms with E-state index in [0.717, 1.165) is 56.4 Å². The van der Waals surface area contributed by atoms with Crippen LogP contribution in [0.3, 0.4) is 0 Å². The molecule has 0 aromatic heterocycles. The first kappa shape index (κ1) is 26.0. The zero-order chi connectivity index (χ0) is 20.7. The molecule has 0 radical (unpaired) electrons. The highest BCUT2D eigenvalue weighted by molar-refractivity contribution is 14.0. The van der Waals surface area contributed by atoms with Gasteiger partial charge in [0, 0.05) is 26.7 Å². The first-order valence-electron chi connectivity index (χ1n) is 10.0. The summed E-state index contributed by atoms with van der Waals surface area (Å²) < 4.78 is 16.3. The van der Waals surface area contributed by atoms with Crippen LogP contribution in [0.15, 0.2) is 53.5 Å². The standard InChI is InChI=1S/C23H33N3O3.HI/c1-24-23(25-14-7-8-16-29-18-20-9-5-4-6-10-20)26-15-13-19-11-12-21(27-2)22(17-19)28-3;/h4-6,9-12,17H,7-8,13-16,18H2,1-3H3,(H2,24,25,26);1H. The average molecular weight is 527 g/mol. The van der Waals surface area contributed by atoms with Crippen LogP contribution in [0.5, 0.6) is 11.5 Å². The van der Waals surface area contributed by atoms with Crippen LogP contribution in [0.25, 0.3) is 0 Å². The van der Waals surface area contributed by atoms with Gasteiger partial charge >= 0.3 is 0 Å². The van der Waals surface area contributed by atoms with Crippen molar-refractivity contribution in [1.82, 2.24) is 10.6 Å². The summed E-state index contributed by atoms with van der Waals surface area (Å²) in [5.74, 6) is 2.31. The van der Waals surface area contributed by atoms with Crippen molar-refractivity contribution in [3.05, 3.63) is 59.7 Å². The molecular weight excluding hydrogens is 493 g/mol. The fraction of sp³-hybridized carbons (Fsp3) is 0.435. The number of nitrogens with one attached hydrogen (secondary N) is 2. The molecule has 0 heterocycles. The number of halogens is 1. The van der Waals surface area contributed by atoms with Crippen LogP contribution < -0.4 is 20.1 Å². The summed E-state index contributed by atoms with van der Waals surface area (Å²) in [6.45, 7) is 3.09. The van der Waals surface area contributed by atoms with Gasteiger partial charge in [0.1, 0.15) is 0 Å². The second kappa shape index (κ2) is 15.8. The normalized spacial score (nSPS) is 10.8. The predicted molar refractivity (Wildman–Crippen MR) is 133 cm³/mol. The largest absolute Gasteiger partial charge is 0.493 e. The third-order valence-electron chi connectivity index (χ3n) is 4.50. The van der Waals surface area contributed by atoms with Crippen LogP contribution in [0.1, 0.15) is 24.0 Å². The summed E-state index contributed by atoms with van der Waals surface area (Å²) >= 11 is 0. The monoisotopic (exact) mass is 527 g/mol. The van der Waals surface area contributed by atoms with E-state index >= 15 is 0 Å². The summed E-state index contributed by atoms with van der Waals surface area (Å²) in [7, 11) is 5.08. The Kier molecular flexibility index (Phi) is 13.7. The van der Waals surface area contributed by atoms with Crippen molar-refractivity contribution in [2.45, 2.75) is 25.9 Å². The Bertz CT molecular complexity index is 742. The Morgan fingerprint density at radius 3 is 2.30 bits per heavy atom. The molecule has 0 aliphatic heterocycles. The molecule has 0 spiro atoms. The zero-order valence-electron chi connectivity index (χ0n) is 18.1. The van der Waals surface area contributed by atoms with Gasteiger partial charge in [-0.2, -0.15) is 0 Å². The highest BCUT2D eigenvalue weighted by Crippen LogP contribution is 2.27. The van der Waals surface area contributed by atoms with E-state index in [1.807, 2.05) is 30.3 Å². The highest BCUT2D eigenvalue weighted by Gasteiger charge is 2.05. The lowest BCUT2D eigenvalue weighted by atomic mass is 10.1. The van der Waals surface area contributed by atoms with E-state index in [1.165, 1.54) is 11.1 Å². The van der Waals surface area contributed by atoms with Crippen LogP contribution in [0, 0.1) is 0 Å². The SMILES string of the molecule is CN=C(NCCCCOCc1ccccc1)NCCc1ccc(OC)c(OC)c1.I. The van der Waals surface area contributed by atoms with E-state index in [2.05, 4.69) is 33.8 Å². The Morgan fingerprint density at radius 1 is 0.867 bits per heavy atom. The minimum atomic E-state index is 0. The quantitative estimate of drug-likeness (QED) is 0.189.